The Hall–Kier alpha value is -0.840. The molecule has 0 fully saturated rings. The highest BCUT2D eigenvalue weighted by molar-refractivity contribution is 7.80. The van der Waals surface area contributed by atoms with Crippen LogP contribution in [0.15, 0.2) is 18.2 Å². The molecule has 0 spiro atoms. The molecule has 2 N–H and O–H groups in total. The van der Waals surface area contributed by atoms with Crippen LogP contribution in [0.5, 0.6) is 0 Å². The highest BCUT2D eigenvalue weighted by Gasteiger charge is 2.02. The zero-order valence-corrected chi connectivity index (χ0v) is 13.0. The van der Waals surface area contributed by atoms with E-state index in [1.165, 1.54) is 0 Å². The lowest BCUT2D eigenvalue weighted by atomic mass is 10.2. The van der Waals surface area contributed by atoms with Gasteiger partial charge < -0.3 is 15.4 Å². The van der Waals surface area contributed by atoms with Gasteiger partial charge in [0.2, 0.25) is 0 Å². The molecule has 0 aliphatic carbocycles. The smallest absolute Gasteiger partial charge is 0.170 e. The van der Waals surface area contributed by atoms with E-state index < -0.39 is 0 Å². The Kier molecular flexibility index (Phi) is 7.79. The Morgan fingerprint density at radius 3 is 2.84 bits per heavy atom. The van der Waals surface area contributed by atoms with Crippen LogP contribution in [-0.2, 0) is 4.74 Å². The zero-order chi connectivity index (χ0) is 14.1. The number of ether oxygens (including phenoxy) is 1. The van der Waals surface area contributed by atoms with Crippen LogP contribution < -0.4 is 10.6 Å². The second kappa shape index (κ2) is 9.13. The fourth-order valence-electron chi connectivity index (χ4n) is 1.51. The van der Waals surface area contributed by atoms with Crippen LogP contribution in [0.1, 0.15) is 25.3 Å². The summed E-state index contributed by atoms with van der Waals surface area (Å²) in [4.78, 5) is 0. The van der Waals surface area contributed by atoms with Gasteiger partial charge in [0.05, 0.1) is 10.7 Å². The molecule has 0 aliphatic heterocycles. The SMILES string of the molecule is CCCOCCCNC(=S)Nc1ccc(C)cc1Cl. The summed E-state index contributed by atoms with van der Waals surface area (Å²) in [5.74, 6) is 0. The molecule has 1 aromatic carbocycles. The van der Waals surface area contributed by atoms with E-state index in [4.69, 9.17) is 28.6 Å². The van der Waals surface area contributed by atoms with E-state index >= 15 is 0 Å². The van der Waals surface area contributed by atoms with Crippen molar-refractivity contribution in [3.63, 3.8) is 0 Å². The molecule has 3 nitrogen and oxygen atoms in total. The average molecular weight is 301 g/mol. The predicted octanol–water partition coefficient (Wildman–Crippen LogP) is 3.75. The van der Waals surface area contributed by atoms with Crippen LogP contribution in [0.2, 0.25) is 5.02 Å². The summed E-state index contributed by atoms with van der Waals surface area (Å²) < 4.78 is 5.39. The van der Waals surface area contributed by atoms with Gasteiger partial charge in [-0.3, -0.25) is 0 Å². The summed E-state index contributed by atoms with van der Waals surface area (Å²) in [5.41, 5.74) is 1.95. The van der Waals surface area contributed by atoms with E-state index in [9.17, 15) is 0 Å². The van der Waals surface area contributed by atoms with E-state index in [1.807, 2.05) is 25.1 Å². The number of halogens is 1. The largest absolute Gasteiger partial charge is 0.381 e. The third-order valence-corrected chi connectivity index (χ3v) is 3.03. The van der Waals surface area contributed by atoms with E-state index in [1.54, 1.807) is 0 Å². The van der Waals surface area contributed by atoms with Gasteiger partial charge >= 0.3 is 0 Å². The molecule has 0 heterocycles. The lowest BCUT2D eigenvalue weighted by Crippen LogP contribution is -2.29. The topological polar surface area (TPSA) is 33.3 Å². The predicted molar refractivity (Wildman–Crippen MR) is 86.1 cm³/mol. The number of aryl methyl sites for hydroxylation is 1. The highest BCUT2D eigenvalue weighted by atomic mass is 35.5. The van der Waals surface area contributed by atoms with Crippen LogP contribution in [0, 0.1) is 6.92 Å². The number of nitrogens with one attached hydrogen (secondary N) is 2. The first kappa shape index (κ1) is 16.2. The third-order valence-electron chi connectivity index (χ3n) is 2.47. The van der Waals surface area contributed by atoms with Crippen LogP contribution in [0.4, 0.5) is 5.69 Å². The lowest BCUT2D eigenvalue weighted by molar-refractivity contribution is 0.133. The molecular weight excluding hydrogens is 280 g/mol. The molecule has 5 heteroatoms. The van der Waals surface area contributed by atoms with Crippen LogP contribution in [-0.4, -0.2) is 24.9 Å². The van der Waals surface area contributed by atoms with Crippen molar-refractivity contribution >= 4 is 34.6 Å². The Morgan fingerprint density at radius 1 is 1.37 bits per heavy atom. The molecule has 1 aromatic rings. The molecule has 0 aliphatic rings. The minimum atomic E-state index is 0.584. The van der Waals surface area contributed by atoms with Crippen LogP contribution >= 0.6 is 23.8 Å². The average Bonchev–Trinajstić information content (AvgIpc) is 2.37. The number of anilines is 1. The van der Waals surface area contributed by atoms with Crippen molar-refractivity contribution in [3.8, 4) is 0 Å². The maximum Gasteiger partial charge on any atom is 0.170 e. The first-order chi connectivity index (χ1) is 9.13. The number of thiocarbonyl (C=S) groups is 1. The molecule has 1 rings (SSSR count). The summed E-state index contributed by atoms with van der Waals surface area (Å²) in [7, 11) is 0. The summed E-state index contributed by atoms with van der Waals surface area (Å²) in [6, 6.07) is 5.83. The van der Waals surface area contributed by atoms with Gasteiger partial charge in [-0.25, -0.2) is 0 Å². The van der Waals surface area contributed by atoms with Gasteiger partial charge in [-0.1, -0.05) is 24.6 Å². The normalized spacial score (nSPS) is 10.3. The number of rotatable bonds is 7. The van der Waals surface area contributed by atoms with Gasteiger partial charge in [0.25, 0.3) is 0 Å². The van der Waals surface area contributed by atoms with Gasteiger partial charge in [0, 0.05) is 19.8 Å². The Balaban J connectivity index is 2.23. The van der Waals surface area contributed by atoms with E-state index in [0.717, 1.165) is 43.9 Å². The highest BCUT2D eigenvalue weighted by Crippen LogP contribution is 2.22. The van der Waals surface area contributed by atoms with Crippen molar-refractivity contribution in [2.24, 2.45) is 0 Å². The molecular formula is C14H21ClN2OS. The summed E-state index contributed by atoms with van der Waals surface area (Å²) in [5, 5.41) is 7.48. The Labute approximate surface area is 125 Å². The number of hydrogen-bond donors (Lipinski definition) is 2. The quantitative estimate of drug-likeness (QED) is 0.593. The molecule has 0 amide bonds. The zero-order valence-electron chi connectivity index (χ0n) is 11.5. The number of hydrogen-bond acceptors (Lipinski definition) is 2. The van der Waals surface area contributed by atoms with Crippen LogP contribution in [0.3, 0.4) is 0 Å². The first-order valence-corrected chi connectivity index (χ1v) is 7.31. The monoisotopic (exact) mass is 300 g/mol. The molecule has 19 heavy (non-hydrogen) atoms. The van der Waals surface area contributed by atoms with Crippen molar-refractivity contribution in [2.45, 2.75) is 26.7 Å². The second-order valence-electron chi connectivity index (χ2n) is 4.33. The molecule has 0 unspecified atom stereocenters. The minimum Gasteiger partial charge on any atom is -0.381 e. The van der Waals surface area contributed by atoms with Crippen molar-refractivity contribution < 1.29 is 4.74 Å². The summed E-state index contributed by atoms with van der Waals surface area (Å²) >= 11 is 11.3. The molecule has 0 aromatic heterocycles. The van der Waals surface area contributed by atoms with Gasteiger partial charge in [0.15, 0.2) is 5.11 Å². The van der Waals surface area contributed by atoms with E-state index in [0.29, 0.717) is 10.1 Å². The van der Waals surface area contributed by atoms with Crippen molar-refractivity contribution in [2.75, 3.05) is 25.1 Å². The van der Waals surface area contributed by atoms with Crippen molar-refractivity contribution in [1.82, 2.24) is 5.32 Å². The standard InChI is InChI=1S/C14H21ClN2OS/c1-3-8-18-9-4-7-16-14(19)17-13-6-5-11(2)10-12(13)15/h5-6,10H,3-4,7-9H2,1-2H3,(H2,16,17,19). The fourth-order valence-corrected chi connectivity index (χ4v) is 2.00. The molecule has 0 saturated heterocycles. The Morgan fingerprint density at radius 2 is 2.16 bits per heavy atom. The van der Waals surface area contributed by atoms with Gasteiger partial charge in [-0.15, -0.1) is 0 Å². The summed E-state index contributed by atoms with van der Waals surface area (Å²) in [6.45, 7) is 6.47. The summed E-state index contributed by atoms with van der Waals surface area (Å²) in [6.07, 6.45) is 1.99. The first-order valence-electron chi connectivity index (χ1n) is 6.52. The van der Waals surface area contributed by atoms with Crippen molar-refractivity contribution in [3.05, 3.63) is 28.8 Å². The maximum atomic E-state index is 6.12. The molecule has 0 bridgehead atoms. The maximum absolute atomic E-state index is 6.12. The fraction of sp³-hybridized carbons (Fsp3) is 0.500. The minimum absolute atomic E-state index is 0.584. The number of benzene rings is 1. The Bertz CT molecular complexity index is 412. The molecule has 0 atom stereocenters. The van der Waals surface area contributed by atoms with Crippen LogP contribution in [0.25, 0.3) is 0 Å². The third kappa shape index (κ3) is 6.76. The molecule has 0 saturated carbocycles. The van der Waals surface area contributed by atoms with Gasteiger partial charge in [-0.05, 0) is 49.7 Å². The van der Waals surface area contributed by atoms with Crippen molar-refractivity contribution in [1.29, 1.82) is 0 Å². The second-order valence-corrected chi connectivity index (χ2v) is 5.15. The van der Waals surface area contributed by atoms with Gasteiger partial charge in [-0.2, -0.15) is 0 Å². The molecule has 0 radical (unpaired) electrons. The van der Waals surface area contributed by atoms with Gasteiger partial charge in [0.1, 0.15) is 0 Å². The molecule has 106 valence electrons. The van der Waals surface area contributed by atoms with E-state index in [-0.39, 0.29) is 0 Å². The lowest BCUT2D eigenvalue weighted by Gasteiger charge is -2.12. The van der Waals surface area contributed by atoms with E-state index in [2.05, 4.69) is 17.6 Å².